The highest BCUT2D eigenvalue weighted by atomic mass is 16.5. The monoisotopic (exact) mass is 252 g/mol. The van der Waals surface area contributed by atoms with Gasteiger partial charge >= 0.3 is 5.97 Å². The molecule has 3 heteroatoms. The second-order valence-electron chi connectivity index (χ2n) is 6.86. The molecule has 0 radical (unpaired) electrons. The van der Waals surface area contributed by atoms with Gasteiger partial charge in [-0.3, -0.25) is 4.79 Å². The lowest BCUT2D eigenvalue weighted by atomic mass is 9.48. The van der Waals surface area contributed by atoms with Crippen LogP contribution in [0.15, 0.2) is 0 Å². The zero-order chi connectivity index (χ0) is 12.8. The lowest BCUT2D eigenvalue weighted by Gasteiger charge is -2.61. The highest BCUT2D eigenvalue weighted by Crippen LogP contribution is 2.62. The van der Waals surface area contributed by atoms with Crippen LogP contribution in [-0.4, -0.2) is 24.8 Å². The molecule has 0 aromatic heterocycles. The van der Waals surface area contributed by atoms with Crippen LogP contribution in [0.3, 0.4) is 0 Å². The lowest BCUT2D eigenvalue weighted by molar-refractivity contribution is -0.204. The Morgan fingerprint density at radius 2 is 1.89 bits per heavy atom. The fourth-order valence-corrected chi connectivity index (χ4v) is 5.26. The molecular formula is C15H24O3. The molecule has 4 aliphatic rings. The van der Waals surface area contributed by atoms with Gasteiger partial charge in [-0.15, -0.1) is 0 Å². The van der Waals surface area contributed by atoms with E-state index in [-0.39, 0.29) is 17.0 Å². The van der Waals surface area contributed by atoms with Crippen LogP contribution in [-0.2, 0) is 14.3 Å². The van der Waals surface area contributed by atoms with Gasteiger partial charge in [-0.05, 0) is 57.3 Å². The van der Waals surface area contributed by atoms with Crippen molar-refractivity contribution in [2.45, 2.75) is 58.0 Å². The van der Waals surface area contributed by atoms with Crippen LogP contribution in [0.2, 0.25) is 0 Å². The van der Waals surface area contributed by atoms with Crippen LogP contribution in [0.4, 0.5) is 0 Å². The van der Waals surface area contributed by atoms with Crippen LogP contribution in [0.25, 0.3) is 0 Å². The Kier molecular flexibility index (Phi) is 2.92. The average Bonchev–Trinajstić information content (AvgIpc) is 2.24. The molecule has 0 aliphatic heterocycles. The minimum absolute atomic E-state index is 0.110. The maximum atomic E-state index is 11.1. The molecule has 4 aliphatic carbocycles. The van der Waals surface area contributed by atoms with Crippen molar-refractivity contribution in [1.82, 2.24) is 0 Å². The zero-order valence-electron chi connectivity index (χ0n) is 11.5. The normalized spacial score (nSPS) is 45.2. The Hall–Kier alpha value is -0.570. The molecule has 0 spiro atoms. The summed E-state index contributed by atoms with van der Waals surface area (Å²) in [6, 6.07) is 0. The fourth-order valence-electron chi connectivity index (χ4n) is 5.26. The molecule has 102 valence electrons. The molecule has 0 aromatic carbocycles. The molecule has 18 heavy (non-hydrogen) atoms. The van der Waals surface area contributed by atoms with Gasteiger partial charge in [0.15, 0.2) is 0 Å². The van der Waals surface area contributed by atoms with E-state index in [1.165, 1.54) is 39.0 Å². The van der Waals surface area contributed by atoms with Gasteiger partial charge in [0.2, 0.25) is 0 Å². The summed E-state index contributed by atoms with van der Waals surface area (Å²) in [6.45, 7) is 5.03. The van der Waals surface area contributed by atoms with E-state index in [1.807, 2.05) is 0 Å². The van der Waals surface area contributed by atoms with Crippen molar-refractivity contribution < 1.29 is 14.3 Å². The number of carbonyl (C=O) groups is 1. The molecule has 2 atom stereocenters. The third kappa shape index (κ3) is 2.07. The van der Waals surface area contributed by atoms with E-state index in [1.54, 1.807) is 0 Å². The van der Waals surface area contributed by atoms with Crippen molar-refractivity contribution in [1.29, 1.82) is 0 Å². The molecule has 4 bridgehead atoms. The Morgan fingerprint density at radius 1 is 1.22 bits per heavy atom. The van der Waals surface area contributed by atoms with Gasteiger partial charge in [0.05, 0.1) is 12.2 Å². The zero-order valence-corrected chi connectivity index (χ0v) is 11.5. The van der Waals surface area contributed by atoms with Crippen LogP contribution in [0.1, 0.15) is 52.4 Å². The summed E-state index contributed by atoms with van der Waals surface area (Å²) < 4.78 is 11.5. The van der Waals surface area contributed by atoms with Crippen molar-refractivity contribution in [2.75, 3.05) is 13.2 Å². The summed E-state index contributed by atoms with van der Waals surface area (Å²) in [5, 5.41) is 0. The van der Waals surface area contributed by atoms with Crippen LogP contribution in [0.5, 0.6) is 0 Å². The summed E-state index contributed by atoms with van der Waals surface area (Å²) >= 11 is 0. The lowest BCUT2D eigenvalue weighted by Crippen LogP contribution is -2.58. The largest absolute Gasteiger partial charge is 0.465 e. The minimum atomic E-state index is -0.142. The number of carbonyl (C=O) groups excluding carboxylic acids is 1. The molecule has 3 nitrogen and oxygen atoms in total. The highest BCUT2D eigenvalue weighted by molar-refractivity contribution is 5.65. The summed E-state index contributed by atoms with van der Waals surface area (Å²) in [5.74, 6) is 1.46. The first kappa shape index (κ1) is 12.5. The highest BCUT2D eigenvalue weighted by Gasteiger charge is 2.58. The number of hydrogen-bond donors (Lipinski definition) is 0. The molecule has 0 saturated heterocycles. The number of rotatable bonds is 4. The summed E-state index contributed by atoms with van der Waals surface area (Å²) in [6.07, 6.45) is 7.43. The number of hydrogen-bond acceptors (Lipinski definition) is 3. The van der Waals surface area contributed by atoms with Gasteiger partial charge in [0, 0.05) is 18.9 Å². The van der Waals surface area contributed by atoms with E-state index >= 15 is 0 Å². The molecule has 0 aromatic rings. The van der Waals surface area contributed by atoms with Crippen molar-refractivity contribution in [3.63, 3.8) is 0 Å². The Morgan fingerprint density at radius 3 is 2.44 bits per heavy atom. The van der Waals surface area contributed by atoms with Gasteiger partial charge < -0.3 is 9.47 Å². The summed E-state index contributed by atoms with van der Waals surface area (Å²) in [4.78, 5) is 11.1. The van der Waals surface area contributed by atoms with Crippen molar-refractivity contribution >= 4 is 5.97 Å². The maximum absolute atomic E-state index is 11.1. The minimum Gasteiger partial charge on any atom is -0.465 e. The molecule has 4 saturated carbocycles. The molecule has 4 rings (SSSR count). The molecular weight excluding hydrogens is 228 g/mol. The van der Waals surface area contributed by atoms with Gasteiger partial charge in [-0.1, -0.05) is 0 Å². The first-order valence-corrected chi connectivity index (χ1v) is 7.32. The molecule has 0 heterocycles. The van der Waals surface area contributed by atoms with Crippen LogP contribution < -0.4 is 0 Å². The second-order valence-corrected chi connectivity index (χ2v) is 6.86. The molecule has 4 fully saturated rings. The first-order chi connectivity index (χ1) is 8.55. The SMILES string of the molecule is CCOC12CC3CC(CC(COC(C)=O)(C3)C1)C2. The van der Waals surface area contributed by atoms with E-state index in [4.69, 9.17) is 9.47 Å². The van der Waals surface area contributed by atoms with E-state index in [0.717, 1.165) is 24.9 Å². The average molecular weight is 252 g/mol. The smallest absolute Gasteiger partial charge is 0.302 e. The quantitative estimate of drug-likeness (QED) is 0.722. The van der Waals surface area contributed by atoms with Crippen molar-refractivity contribution in [3.05, 3.63) is 0 Å². The topological polar surface area (TPSA) is 35.5 Å². The molecule has 0 N–H and O–H groups in total. The van der Waals surface area contributed by atoms with E-state index in [9.17, 15) is 4.79 Å². The number of esters is 1. The fraction of sp³-hybridized carbons (Fsp3) is 0.933. The van der Waals surface area contributed by atoms with Crippen LogP contribution in [0, 0.1) is 17.3 Å². The van der Waals surface area contributed by atoms with Gasteiger partial charge in [0.25, 0.3) is 0 Å². The molecule has 0 amide bonds. The van der Waals surface area contributed by atoms with E-state index < -0.39 is 0 Å². The maximum Gasteiger partial charge on any atom is 0.302 e. The van der Waals surface area contributed by atoms with Gasteiger partial charge in [0.1, 0.15) is 0 Å². The Balaban J connectivity index is 1.78. The van der Waals surface area contributed by atoms with Crippen LogP contribution >= 0.6 is 0 Å². The third-order valence-electron chi connectivity index (χ3n) is 5.16. The number of ether oxygens (including phenoxy) is 2. The molecule has 2 unspecified atom stereocenters. The predicted molar refractivity (Wildman–Crippen MR) is 68.1 cm³/mol. The second kappa shape index (κ2) is 4.22. The first-order valence-electron chi connectivity index (χ1n) is 7.32. The summed E-state index contributed by atoms with van der Waals surface area (Å²) in [5.41, 5.74) is 0.337. The van der Waals surface area contributed by atoms with E-state index in [0.29, 0.717) is 6.61 Å². The standard InChI is InChI=1S/C15H24O3/c1-3-18-15-7-12-4-13(8-15)6-14(5-12,9-15)10-17-11(2)16/h12-13H,3-10H2,1-2H3. The predicted octanol–water partition coefficient (Wildman–Crippen LogP) is 2.93. The Labute approximate surface area is 109 Å². The van der Waals surface area contributed by atoms with Gasteiger partial charge in [-0.2, -0.15) is 0 Å². The Bertz CT molecular complexity index is 336. The van der Waals surface area contributed by atoms with Gasteiger partial charge in [-0.25, -0.2) is 0 Å². The summed E-state index contributed by atoms with van der Waals surface area (Å²) in [7, 11) is 0. The third-order valence-corrected chi connectivity index (χ3v) is 5.16. The van der Waals surface area contributed by atoms with Crippen molar-refractivity contribution in [2.24, 2.45) is 17.3 Å². The van der Waals surface area contributed by atoms with Crippen molar-refractivity contribution in [3.8, 4) is 0 Å². The van der Waals surface area contributed by atoms with E-state index in [2.05, 4.69) is 6.92 Å².